The predicted molar refractivity (Wildman–Crippen MR) is 91.1 cm³/mol. The molecule has 2 rings (SSSR count). The van der Waals surface area contributed by atoms with Crippen molar-refractivity contribution in [3.05, 3.63) is 29.8 Å². The molecule has 0 aromatic heterocycles. The zero-order chi connectivity index (χ0) is 18.1. The van der Waals surface area contributed by atoms with Crippen LogP contribution in [0.1, 0.15) is 23.2 Å². The van der Waals surface area contributed by atoms with E-state index in [2.05, 4.69) is 0 Å². The molecule has 1 aromatic rings. The molecule has 1 fully saturated rings. The molecule has 0 N–H and O–H groups in total. The third kappa shape index (κ3) is 4.34. The summed E-state index contributed by atoms with van der Waals surface area (Å²) in [6.07, 6.45) is 3.38. The zero-order valence-electron chi connectivity index (χ0n) is 14.0. The molecule has 0 saturated carbocycles. The summed E-state index contributed by atoms with van der Waals surface area (Å²) in [4.78, 5) is 14.3. The van der Waals surface area contributed by atoms with Crippen molar-refractivity contribution in [2.24, 2.45) is 0 Å². The SMILES string of the molecule is CN(C1CCN(C(=O)c2cccc(S(C)(=O)=O)c2)CC1)S(C)(=O)=O. The third-order valence-corrected chi connectivity index (χ3v) is 6.75. The molecular formula is C15H22N2O5S2. The monoisotopic (exact) mass is 374 g/mol. The van der Waals surface area contributed by atoms with Crippen molar-refractivity contribution in [2.75, 3.05) is 32.6 Å². The number of amides is 1. The summed E-state index contributed by atoms with van der Waals surface area (Å²) < 4.78 is 47.7. The minimum absolute atomic E-state index is 0.111. The molecule has 9 heteroatoms. The number of likely N-dealkylation sites (tertiary alicyclic amines) is 1. The van der Waals surface area contributed by atoms with Crippen LogP contribution in [0.25, 0.3) is 0 Å². The lowest BCUT2D eigenvalue weighted by Gasteiger charge is -2.35. The van der Waals surface area contributed by atoms with Crippen LogP contribution in [0.15, 0.2) is 29.2 Å². The fourth-order valence-electron chi connectivity index (χ4n) is 2.75. The van der Waals surface area contributed by atoms with Crippen LogP contribution in [0.5, 0.6) is 0 Å². The Kier molecular flexibility index (Phi) is 5.36. The van der Waals surface area contributed by atoms with Crippen molar-refractivity contribution in [3.8, 4) is 0 Å². The molecule has 1 amide bonds. The van der Waals surface area contributed by atoms with Crippen molar-refractivity contribution in [1.29, 1.82) is 0 Å². The van der Waals surface area contributed by atoms with Crippen LogP contribution in [-0.2, 0) is 19.9 Å². The summed E-state index contributed by atoms with van der Waals surface area (Å²) in [6, 6.07) is 5.86. The van der Waals surface area contributed by atoms with Gasteiger partial charge in [-0.05, 0) is 31.0 Å². The van der Waals surface area contributed by atoms with Gasteiger partial charge in [-0.2, -0.15) is 0 Å². The van der Waals surface area contributed by atoms with Crippen molar-refractivity contribution < 1.29 is 21.6 Å². The lowest BCUT2D eigenvalue weighted by molar-refractivity contribution is 0.0686. The van der Waals surface area contributed by atoms with E-state index in [0.29, 0.717) is 31.5 Å². The van der Waals surface area contributed by atoms with Gasteiger partial charge in [-0.25, -0.2) is 21.1 Å². The molecular weight excluding hydrogens is 352 g/mol. The summed E-state index contributed by atoms with van der Waals surface area (Å²) in [5.41, 5.74) is 0.327. The summed E-state index contributed by atoms with van der Waals surface area (Å²) in [5, 5.41) is 0. The zero-order valence-corrected chi connectivity index (χ0v) is 15.6. The average molecular weight is 374 g/mol. The Morgan fingerprint density at radius 3 is 2.21 bits per heavy atom. The Morgan fingerprint density at radius 1 is 1.12 bits per heavy atom. The molecule has 0 unspecified atom stereocenters. The maximum absolute atomic E-state index is 12.6. The number of hydrogen-bond acceptors (Lipinski definition) is 5. The van der Waals surface area contributed by atoms with Gasteiger partial charge in [-0.15, -0.1) is 0 Å². The van der Waals surface area contributed by atoms with E-state index in [4.69, 9.17) is 0 Å². The van der Waals surface area contributed by atoms with E-state index in [1.165, 1.54) is 22.7 Å². The van der Waals surface area contributed by atoms with E-state index in [1.54, 1.807) is 24.1 Å². The van der Waals surface area contributed by atoms with Crippen molar-refractivity contribution in [2.45, 2.75) is 23.8 Å². The number of carbonyl (C=O) groups excluding carboxylic acids is 1. The van der Waals surface area contributed by atoms with Gasteiger partial charge in [-0.3, -0.25) is 4.79 Å². The molecule has 0 aliphatic carbocycles. The largest absolute Gasteiger partial charge is 0.339 e. The van der Waals surface area contributed by atoms with Crippen LogP contribution >= 0.6 is 0 Å². The van der Waals surface area contributed by atoms with Crippen molar-refractivity contribution >= 4 is 25.8 Å². The van der Waals surface area contributed by atoms with E-state index in [1.807, 2.05) is 0 Å². The molecule has 1 aromatic carbocycles. The molecule has 0 radical (unpaired) electrons. The topological polar surface area (TPSA) is 91.8 Å². The van der Waals surface area contributed by atoms with Gasteiger partial charge in [0.25, 0.3) is 5.91 Å². The molecule has 0 bridgehead atoms. The first-order valence-corrected chi connectivity index (χ1v) is 11.3. The molecule has 134 valence electrons. The normalized spacial score (nSPS) is 17.2. The summed E-state index contributed by atoms with van der Waals surface area (Å²) in [5.74, 6) is -0.235. The van der Waals surface area contributed by atoms with E-state index >= 15 is 0 Å². The van der Waals surface area contributed by atoms with Gasteiger partial charge in [0.15, 0.2) is 9.84 Å². The number of rotatable bonds is 4. The van der Waals surface area contributed by atoms with Crippen LogP contribution in [0.3, 0.4) is 0 Å². The highest BCUT2D eigenvalue weighted by Crippen LogP contribution is 2.20. The number of carbonyl (C=O) groups is 1. The molecule has 1 heterocycles. The summed E-state index contributed by atoms with van der Waals surface area (Å²) in [6.45, 7) is 0.874. The second kappa shape index (κ2) is 6.81. The van der Waals surface area contributed by atoms with E-state index < -0.39 is 19.9 Å². The lowest BCUT2D eigenvalue weighted by atomic mass is 10.0. The third-order valence-electron chi connectivity index (χ3n) is 4.30. The second-order valence-electron chi connectivity index (χ2n) is 6.10. The summed E-state index contributed by atoms with van der Waals surface area (Å²) >= 11 is 0. The number of sulfonamides is 1. The van der Waals surface area contributed by atoms with Gasteiger partial charge in [0.2, 0.25) is 10.0 Å². The first-order chi connectivity index (χ1) is 11.0. The second-order valence-corrected chi connectivity index (χ2v) is 10.2. The predicted octanol–water partition coefficient (Wildman–Crippen LogP) is 0.586. The minimum Gasteiger partial charge on any atom is -0.339 e. The standard InChI is InChI=1S/C15H22N2O5S2/c1-16(24(3,21)22)13-7-9-17(10-8-13)15(18)12-5-4-6-14(11-12)23(2,19)20/h4-6,11,13H,7-10H2,1-3H3. The van der Waals surface area contributed by atoms with Crippen LogP contribution in [-0.4, -0.2) is 70.6 Å². The maximum Gasteiger partial charge on any atom is 0.253 e. The Morgan fingerprint density at radius 2 is 1.71 bits per heavy atom. The quantitative estimate of drug-likeness (QED) is 0.769. The first-order valence-electron chi connectivity index (χ1n) is 7.52. The summed E-state index contributed by atoms with van der Waals surface area (Å²) in [7, 11) is -5.07. The molecule has 0 spiro atoms. The number of benzene rings is 1. The van der Waals surface area contributed by atoms with Gasteiger partial charge >= 0.3 is 0 Å². The van der Waals surface area contributed by atoms with Gasteiger partial charge in [0.1, 0.15) is 0 Å². The average Bonchev–Trinajstić information content (AvgIpc) is 2.52. The molecule has 0 atom stereocenters. The maximum atomic E-state index is 12.6. The lowest BCUT2D eigenvalue weighted by Crippen LogP contribution is -2.47. The van der Waals surface area contributed by atoms with Gasteiger partial charge < -0.3 is 4.90 Å². The van der Waals surface area contributed by atoms with Gasteiger partial charge in [-0.1, -0.05) is 6.07 Å². The van der Waals surface area contributed by atoms with Crippen LogP contribution in [0, 0.1) is 0 Å². The van der Waals surface area contributed by atoms with E-state index in [9.17, 15) is 21.6 Å². The highest BCUT2D eigenvalue weighted by atomic mass is 32.2. The fourth-order valence-corrected chi connectivity index (χ4v) is 4.16. The van der Waals surface area contributed by atoms with Gasteiger partial charge in [0.05, 0.1) is 11.2 Å². The van der Waals surface area contributed by atoms with Crippen LogP contribution in [0.4, 0.5) is 0 Å². The number of sulfone groups is 1. The van der Waals surface area contributed by atoms with Crippen LogP contribution in [0.2, 0.25) is 0 Å². The number of nitrogens with zero attached hydrogens (tertiary/aromatic N) is 2. The first kappa shape index (κ1) is 18.9. The molecule has 24 heavy (non-hydrogen) atoms. The highest BCUT2D eigenvalue weighted by molar-refractivity contribution is 7.90. The molecule has 1 aliphatic heterocycles. The van der Waals surface area contributed by atoms with Crippen molar-refractivity contribution in [1.82, 2.24) is 9.21 Å². The van der Waals surface area contributed by atoms with E-state index in [0.717, 1.165) is 6.26 Å². The molecule has 1 aliphatic rings. The Labute approximate surface area is 143 Å². The Bertz CT molecular complexity index is 825. The molecule has 7 nitrogen and oxygen atoms in total. The fraction of sp³-hybridized carbons (Fsp3) is 0.533. The Hall–Kier alpha value is -1.45. The van der Waals surface area contributed by atoms with Crippen LogP contribution < -0.4 is 0 Å². The Balaban J connectivity index is 2.09. The van der Waals surface area contributed by atoms with Crippen molar-refractivity contribution in [3.63, 3.8) is 0 Å². The number of piperidine rings is 1. The minimum atomic E-state index is -3.37. The molecule has 1 saturated heterocycles. The highest BCUT2D eigenvalue weighted by Gasteiger charge is 2.29. The smallest absolute Gasteiger partial charge is 0.253 e. The number of hydrogen-bond donors (Lipinski definition) is 0. The van der Waals surface area contributed by atoms with E-state index in [-0.39, 0.29) is 16.8 Å². The van der Waals surface area contributed by atoms with Gasteiger partial charge in [0, 0.05) is 38.0 Å².